The molecule has 0 spiro atoms. The molecule has 0 radical (unpaired) electrons. The van der Waals surface area contributed by atoms with Gasteiger partial charge in [-0.15, -0.1) is 11.3 Å². The van der Waals surface area contributed by atoms with E-state index in [0.717, 1.165) is 5.69 Å². The van der Waals surface area contributed by atoms with E-state index in [1.54, 1.807) is 0 Å². The van der Waals surface area contributed by atoms with Gasteiger partial charge in [0.1, 0.15) is 0 Å². The number of anilines is 1. The molecule has 0 aliphatic rings. The van der Waals surface area contributed by atoms with E-state index in [1.165, 1.54) is 21.8 Å². The van der Waals surface area contributed by atoms with Crippen molar-refractivity contribution in [2.24, 2.45) is 0 Å². The maximum atomic E-state index is 4.62. The summed E-state index contributed by atoms with van der Waals surface area (Å²) in [4.78, 5) is 1.40. The zero-order valence-corrected chi connectivity index (χ0v) is 13.4. The molecule has 0 bridgehead atoms. The minimum Gasteiger partial charge on any atom is -0.375 e. The Hall–Kier alpha value is -1.29. The highest BCUT2D eigenvalue weighted by molar-refractivity contribution is 7.10. The average molecular weight is 277 g/mol. The molecule has 2 rings (SSSR count). The molecular formula is C15H23N3S. The topological polar surface area (TPSA) is 29.9 Å². The highest BCUT2D eigenvalue weighted by Crippen LogP contribution is 2.30. The highest BCUT2D eigenvalue weighted by atomic mass is 32.1. The zero-order chi connectivity index (χ0) is 14.2. The van der Waals surface area contributed by atoms with E-state index < -0.39 is 0 Å². The van der Waals surface area contributed by atoms with Crippen molar-refractivity contribution in [2.45, 2.75) is 53.6 Å². The van der Waals surface area contributed by atoms with Crippen LogP contribution in [-0.4, -0.2) is 9.78 Å². The molecule has 1 N–H and O–H groups in total. The van der Waals surface area contributed by atoms with Gasteiger partial charge < -0.3 is 5.32 Å². The van der Waals surface area contributed by atoms with Gasteiger partial charge >= 0.3 is 0 Å². The first-order chi connectivity index (χ1) is 8.91. The first kappa shape index (κ1) is 14.1. The van der Waals surface area contributed by atoms with Crippen molar-refractivity contribution in [3.8, 4) is 0 Å². The molecule has 0 aliphatic heterocycles. The molecule has 3 nitrogen and oxygen atoms in total. The first-order valence-electron chi connectivity index (χ1n) is 6.78. The fraction of sp³-hybridized carbons (Fsp3) is 0.533. The largest absolute Gasteiger partial charge is 0.375 e. The third kappa shape index (κ3) is 2.68. The van der Waals surface area contributed by atoms with Gasteiger partial charge in [0.25, 0.3) is 0 Å². The number of aryl methyl sites for hydroxylation is 2. The standard InChI is InChI=1S/C15H23N3S/c1-9(2)18-13(6)14(11(4)17-18)16-12(5)15-10(3)7-8-19-15/h7-9,12,16H,1-6H3. The van der Waals surface area contributed by atoms with Crippen LogP contribution in [0, 0.1) is 20.8 Å². The van der Waals surface area contributed by atoms with Gasteiger partial charge in [-0.2, -0.15) is 5.10 Å². The van der Waals surface area contributed by atoms with Crippen LogP contribution in [-0.2, 0) is 0 Å². The van der Waals surface area contributed by atoms with Gasteiger partial charge in [-0.25, -0.2) is 0 Å². The molecule has 0 saturated heterocycles. The molecular weight excluding hydrogens is 254 g/mol. The second kappa shape index (κ2) is 5.37. The summed E-state index contributed by atoms with van der Waals surface area (Å²) in [5.74, 6) is 0. The molecule has 2 aromatic heterocycles. The van der Waals surface area contributed by atoms with Crippen LogP contribution in [0.25, 0.3) is 0 Å². The lowest BCUT2D eigenvalue weighted by molar-refractivity contribution is 0.516. The Bertz CT molecular complexity index is 566. The maximum absolute atomic E-state index is 4.62. The van der Waals surface area contributed by atoms with Gasteiger partial charge in [0.2, 0.25) is 0 Å². The lowest BCUT2D eigenvalue weighted by Crippen LogP contribution is -2.09. The molecule has 0 amide bonds. The summed E-state index contributed by atoms with van der Waals surface area (Å²) >= 11 is 1.81. The molecule has 2 aromatic rings. The molecule has 1 atom stereocenters. The van der Waals surface area contributed by atoms with Crippen LogP contribution < -0.4 is 5.32 Å². The number of aromatic nitrogens is 2. The van der Waals surface area contributed by atoms with Crippen LogP contribution in [0.3, 0.4) is 0 Å². The summed E-state index contributed by atoms with van der Waals surface area (Å²) in [7, 11) is 0. The summed E-state index contributed by atoms with van der Waals surface area (Å²) in [6, 6.07) is 2.89. The number of rotatable bonds is 4. The number of nitrogens with zero attached hydrogens (tertiary/aromatic N) is 2. The molecule has 1 unspecified atom stereocenters. The van der Waals surface area contributed by atoms with Crippen LogP contribution in [0.1, 0.15) is 54.7 Å². The molecule has 19 heavy (non-hydrogen) atoms. The number of thiophene rings is 1. The van der Waals surface area contributed by atoms with E-state index in [9.17, 15) is 0 Å². The quantitative estimate of drug-likeness (QED) is 0.883. The predicted octanol–water partition coefficient (Wildman–Crippen LogP) is 4.62. The van der Waals surface area contributed by atoms with Crippen molar-refractivity contribution in [2.75, 3.05) is 5.32 Å². The second-order valence-electron chi connectivity index (χ2n) is 5.42. The lowest BCUT2D eigenvalue weighted by Gasteiger charge is -2.16. The van der Waals surface area contributed by atoms with E-state index in [2.05, 4.69) is 68.1 Å². The summed E-state index contributed by atoms with van der Waals surface area (Å²) < 4.78 is 2.09. The normalized spacial score (nSPS) is 13.0. The Balaban J connectivity index is 2.27. The van der Waals surface area contributed by atoms with Crippen LogP contribution in [0.2, 0.25) is 0 Å². The molecule has 4 heteroatoms. The SMILES string of the molecule is Cc1ccsc1C(C)Nc1c(C)nn(C(C)C)c1C. The predicted molar refractivity (Wildman–Crippen MR) is 83.2 cm³/mol. The third-order valence-electron chi connectivity index (χ3n) is 3.47. The second-order valence-corrected chi connectivity index (χ2v) is 6.37. The van der Waals surface area contributed by atoms with Crippen LogP contribution in [0.5, 0.6) is 0 Å². The molecule has 0 aromatic carbocycles. The molecule has 0 aliphatic carbocycles. The van der Waals surface area contributed by atoms with Crippen molar-refractivity contribution in [3.05, 3.63) is 33.3 Å². The highest BCUT2D eigenvalue weighted by Gasteiger charge is 2.17. The molecule has 0 fully saturated rings. The minimum atomic E-state index is 0.321. The van der Waals surface area contributed by atoms with E-state index in [0.29, 0.717) is 12.1 Å². The van der Waals surface area contributed by atoms with Crippen molar-refractivity contribution in [3.63, 3.8) is 0 Å². The Kier molecular flexibility index (Phi) is 3.99. The lowest BCUT2D eigenvalue weighted by atomic mass is 10.1. The smallest absolute Gasteiger partial charge is 0.0828 e. The maximum Gasteiger partial charge on any atom is 0.0828 e. The first-order valence-corrected chi connectivity index (χ1v) is 7.66. The van der Waals surface area contributed by atoms with Crippen LogP contribution in [0.4, 0.5) is 5.69 Å². The number of hydrogen-bond donors (Lipinski definition) is 1. The van der Waals surface area contributed by atoms with Crippen molar-refractivity contribution >= 4 is 17.0 Å². The van der Waals surface area contributed by atoms with Crippen molar-refractivity contribution in [1.82, 2.24) is 9.78 Å². The van der Waals surface area contributed by atoms with Gasteiger partial charge in [-0.05, 0) is 58.6 Å². The van der Waals surface area contributed by atoms with Crippen molar-refractivity contribution < 1.29 is 0 Å². The monoisotopic (exact) mass is 277 g/mol. The van der Waals surface area contributed by atoms with Gasteiger partial charge in [0, 0.05) is 10.9 Å². The average Bonchev–Trinajstić information content (AvgIpc) is 2.87. The van der Waals surface area contributed by atoms with E-state index >= 15 is 0 Å². The molecule has 2 heterocycles. The van der Waals surface area contributed by atoms with E-state index in [4.69, 9.17) is 0 Å². The van der Waals surface area contributed by atoms with E-state index in [-0.39, 0.29) is 0 Å². The Morgan fingerprint density at radius 1 is 1.21 bits per heavy atom. The fourth-order valence-corrected chi connectivity index (χ4v) is 3.42. The number of hydrogen-bond acceptors (Lipinski definition) is 3. The van der Waals surface area contributed by atoms with Crippen LogP contribution >= 0.6 is 11.3 Å². The summed E-state index contributed by atoms with van der Waals surface area (Å²) in [5, 5.41) is 10.4. The van der Waals surface area contributed by atoms with Crippen molar-refractivity contribution in [1.29, 1.82) is 0 Å². The summed E-state index contributed by atoms with van der Waals surface area (Å²) in [5.41, 5.74) is 4.83. The molecule has 104 valence electrons. The molecule has 0 saturated carbocycles. The van der Waals surface area contributed by atoms with Gasteiger partial charge in [-0.1, -0.05) is 0 Å². The fourth-order valence-electron chi connectivity index (χ4n) is 2.48. The van der Waals surface area contributed by atoms with Crippen LogP contribution in [0.15, 0.2) is 11.4 Å². The van der Waals surface area contributed by atoms with Gasteiger partial charge in [0.15, 0.2) is 0 Å². The Morgan fingerprint density at radius 3 is 2.37 bits per heavy atom. The Morgan fingerprint density at radius 2 is 1.89 bits per heavy atom. The van der Waals surface area contributed by atoms with Gasteiger partial charge in [0.05, 0.1) is 23.1 Å². The third-order valence-corrected chi connectivity index (χ3v) is 4.67. The zero-order valence-electron chi connectivity index (χ0n) is 12.6. The summed E-state index contributed by atoms with van der Waals surface area (Å²) in [6.07, 6.45) is 0. The summed E-state index contributed by atoms with van der Waals surface area (Å²) in [6.45, 7) is 12.9. The number of nitrogens with one attached hydrogen (secondary N) is 1. The minimum absolute atomic E-state index is 0.321. The van der Waals surface area contributed by atoms with Gasteiger partial charge in [-0.3, -0.25) is 4.68 Å². The Labute approximate surface area is 119 Å². The van der Waals surface area contributed by atoms with E-state index in [1.807, 2.05) is 11.3 Å².